The standard InChI is InChI=1S/C13H26N2/c1-2-3-4-5-13(15-14)12-9-10-6-7-11(12)8-10/h10-13,15H,2-9,14H2,1H3. The molecule has 0 amide bonds. The number of nitrogens with one attached hydrogen (secondary N) is 1. The van der Waals surface area contributed by atoms with Crippen LogP contribution in [0, 0.1) is 17.8 Å². The maximum Gasteiger partial charge on any atom is 0.0241 e. The molecule has 2 saturated carbocycles. The Balaban J connectivity index is 1.79. The van der Waals surface area contributed by atoms with Crippen LogP contribution in [0.1, 0.15) is 58.3 Å². The van der Waals surface area contributed by atoms with Crippen molar-refractivity contribution in [2.24, 2.45) is 23.6 Å². The summed E-state index contributed by atoms with van der Waals surface area (Å²) >= 11 is 0. The molecule has 4 atom stereocenters. The van der Waals surface area contributed by atoms with Gasteiger partial charge in [0.25, 0.3) is 0 Å². The normalized spacial score (nSPS) is 36.0. The first-order chi connectivity index (χ1) is 7.35. The first kappa shape index (κ1) is 11.4. The van der Waals surface area contributed by atoms with Crippen LogP contribution in [0.25, 0.3) is 0 Å². The van der Waals surface area contributed by atoms with Crippen LogP contribution in [-0.2, 0) is 0 Å². The molecule has 3 N–H and O–H groups in total. The SMILES string of the molecule is CCCCCC(NN)C1CC2CCC1C2. The predicted octanol–water partition coefficient (Wildman–Crippen LogP) is 2.83. The van der Waals surface area contributed by atoms with Crippen molar-refractivity contribution >= 4 is 0 Å². The minimum Gasteiger partial charge on any atom is -0.271 e. The van der Waals surface area contributed by atoms with Gasteiger partial charge in [0.2, 0.25) is 0 Å². The Kier molecular flexibility index (Phi) is 4.04. The maximum absolute atomic E-state index is 5.72. The fourth-order valence-corrected chi connectivity index (χ4v) is 3.82. The second-order valence-electron chi connectivity index (χ2n) is 5.61. The Labute approximate surface area is 94.0 Å². The number of hydrogen-bond acceptors (Lipinski definition) is 2. The topological polar surface area (TPSA) is 38.0 Å². The van der Waals surface area contributed by atoms with Crippen molar-refractivity contribution in [3.05, 3.63) is 0 Å². The van der Waals surface area contributed by atoms with E-state index in [2.05, 4.69) is 12.3 Å². The van der Waals surface area contributed by atoms with Crippen molar-refractivity contribution in [2.45, 2.75) is 64.3 Å². The smallest absolute Gasteiger partial charge is 0.0241 e. The highest BCUT2D eigenvalue weighted by atomic mass is 15.2. The summed E-state index contributed by atoms with van der Waals surface area (Å²) < 4.78 is 0. The molecule has 2 aliphatic carbocycles. The van der Waals surface area contributed by atoms with Crippen molar-refractivity contribution < 1.29 is 0 Å². The zero-order valence-corrected chi connectivity index (χ0v) is 10.0. The van der Waals surface area contributed by atoms with Crippen molar-refractivity contribution in [3.8, 4) is 0 Å². The Morgan fingerprint density at radius 1 is 1.27 bits per heavy atom. The summed E-state index contributed by atoms with van der Waals surface area (Å²) in [4.78, 5) is 0. The van der Waals surface area contributed by atoms with Gasteiger partial charge in [-0.2, -0.15) is 0 Å². The lowest BCUT2D eigenvalue weighted by Crippen LogP contribution is -2.42. The molecule has 88 valence electrons. The van der Waals surface area contributed by atoms with Gasteiger partial charge in [0, 0.05) is 6.04 Å². The molecule has 2 rings (SSSR count). The van der Waals surface area contributed by atoms with Gasteiger partial charge in [-0.05, 0) is 43.4 Å². The largest absolute Gasteiger partial charge is 0.271 e. The van der Waals surface area contributed by atoms with Crippen LogP contribution in [0.15, 0.2) is 0 Å². The average molecular weight is 210 g/mol. The summed E-state index contributed by atoms with van der Waals surface area (Å²) in [6, 6.07) is 0.604. The number of hydrogen-bond donors (Lipinski definition) is 2. The van der Waals surface area contributed by atoms with Crippen LogP contribution >= 0.6 is 0 Å². The van der Waals surface area contributed by atoms with Gasteiger partial charge in [0.05, 0.1) is 0 Å². The van der Waals surface area contributed by atoms with Crippen LogP contribution in [0.2, 0.25) is 0 Å². The third-order valence-electron chi connectivity index (χ3n) is 4.64. The monoisotopic (exact) mass is 210 g/mol. The fourth-order valence-electron chi connectivity index (χ4n) is 3.82. The van der Waals surface area contributed by atoms with Gasteiger partial charge in [-0.1, -0.05) is 32.6 Å². The summed E-state index contributed by atoms with van der Waals surface area (Å²) in [5.74, 6) is 8.65. The Morgan fingerprint density at radius 2 is 2.13 bits per heavy atom. The summed E-state index contributed by atoms with van der Waals surface area (Å²) in [5, 5.41) is 0. The highest BCUT2D eigenvalue weighted by Crippen LogP contribution is 2.49. The van der Waals surface area contributed by atoms with Gasteiger partial charge < -0.3 is 0 Å². The summed E-state index contributed by atoms with van der Waals surface area (Å²) in [6.45, 7) is 2.27. The molecule has 2 nitrogen and oxygen atoms in total. The second-order valence-corrected chi connectivity index (χ2v) is 5.61. The number of nitrogens with two attached hydrogens (primary N) is 1. The van der Waals surface area contributed by atoms with E-state index in [-0.39, 0.29) is 0 Å². The van der Waals surface area contributed by atoms with Gasteiger partial charge >= 0.3 is 0 Å². The van der Waals surface area contributed by atoms with E-state index >= 15 is 0 Å². The quantitative estimate of drug-likeness (QED) is 0.402. The Hall–Kier alpha value is -0.0800. The Bertz CT molecular complexity index is 193. The van der Waals surface area contributed by atoms with E-state index in [1.54, 1.807) is 0 Å². The molecule has 2 heteroatoms. The maximum atomic E-state index is 5.72. The van der Waals surface area contributed by atoms with Crippen molar-refractivity contribution in [1.82, 2.24) is 5.43 Å². The summed E-state index contributed by atoms with van der Waals surface area (Å²) in [7, 11) is 0. The van der Waals surface area contributed by atoms with E-state index in [1.807, 2.05) is 0 Å². The average Bonchev–Trinajstić information content (AvgIpc) is 2.86. The molecule has 0 aliphatic heterocycles. The second kappa shape index (κ2) is 5.31. The molecule has 0 heterocycles. The lowest BCUT2D eigenvalue weighted by Gasteiger charge is -2.30. The van der Waals surface area contributed by atoms with E-state index in [4.69, 9.17) is 5.84 Å². The molecule has 0 spiro atoms. The van der Waals surface area contributed by atoms with E-state index in [9.17, 15) is 0 Å². The van der Waals surface area contributed by atoms with Gasteiger partial charge in [0.15, 0.2) is 0 Å². The first-order valence-corrected chi connectivity index (χ1v) is 6.81. The molecule has 15 heavy (non-hydrogen) atoms. The minimum absolute atomic E-state index is 0.604. The molecule has 0 aromatic carbocycles. The number of rotatable bonds is 6. The van der Waals surface area contributed by atoms with Crippen LogP contribution in [0.4, 0.5) is 0 Å². The number of hydrazine groups is 1. The van der Waals surface area contributed by atoms with Crippen molar-refractivity contribution in [2.75, 3.05) is 0 Å². The zero-order valence-electron chi connectivity index (χ0n) is 10.0. The molecular formula is C13H26N2. The summed E-state index contributed by atoms with van der Waals surface area (Å²) in [5.41, 5.74) is 3.09. The molecule has 4 unspecified atom stereocenters. The van der Waals surface area contributed by atoms with Crippen LogP contribution < -0.4 is 11.3 Å². The third kappa shape index (κ3) is 2.54. The van der Waals surface area contributed by atoms with Crippen LogP contribution in [0.5, 0.6) is 0 Å². The molecule has 2 bridgehead atoms. The molecular weight excluding hydrogens is 184 g/mol. The van der Waals surface area contributed by atoms with Gasteiger partial charge in [-0.15, -0.1) is 0 Å². The molecule has 0 radical (unpaired) electrons. The van der Waals surface area contributed by atoms with Gasteiger partial charge in [-0.25, -0.2) is 0 Å². The molecule has 0 aromatic heterocycles. The van der Waals surface area contributed by atoms with Gasteiger partial charge in [-0.3, -0.25) is 11.3 Å². The van der Waals surface area contributed by atoms with Crippen LogP contribution in [-0.4, -0.2) is 6.04 Å². The number of unbranched alkanes of at least 4 members (excludes halogenated alkanes) is 2. The highest BCUT2D eigenvalue weighted by molar-refractivity contribution is 4.94. The van der Waals surface area contributed by atoms with Crippen molar-refractivity contribution in [1.29, 1.82) is 0 Å². The number of fused-ring (bicyclic) bond motifs is 2. The predicted molar refractivity (Wildman–Crippen MR) is 64.2 cm³/mol. The van der Waals surface area contributed by atoms with Crippen molar-refractivity contribution in [3.63, 3.8) is 0 Å². The molecule has 2 aliphatic rings. The fraction of sp³-hybridized carbons (Fsp3) is 1.00. The summed E-state index contributed by atoms with van der Waals surface area (Å²) in [6.07, 6.45) is 11.2. The zero-order chi connectivity index (χ0) is 10.7. The lowest BCUT2D eigenvalue weighted by molar-refractivity contribution is 0.236. The Morgan fingerprint density at radius 3 is 2.67 bits per heavy atom. The minimum atomic E-state index is 0.604. The third-order valence-corrected chi connectivity index (χ3v) is 4.64. The van der Waals surface area contributed by atoms with Crippen LogP contribution in [0.3, 0.4) is 0 Å². The van der Waals surface area contributed by atoms with E-state index < -0.39 is 0 Å². The molecule has 0 saturated heterocycles. The van der Waals surface area contributed by atoms with E-state index in [1.165, 1.54) is 51.4 Å². The molecule has 0 aromatic rings. The van der Waals surface area contributed by atoms with Gasteiger partial charge in [0.1, 0.15) is 0 Å². The van der Waals surface area contributed by atoms with E-state index in [0.29, 0.717) is 6.04 Å². The molecule has 2 fully saturated rings. The first-order valence-electron chi connectivity index (χ1n) is 6.81. The van der Waals surface area contributed by atoms with E-state index in [0.717, 1.165) is 17.8 Å². The highest BCUT2D eigenvalue weighted by Gasteiger charge is 2.42. The lowest BCUT2D eigenvalue weighted by atomic mass is 9.81.